The number of nitrogens with zero attached hydrogens (tertiary/aromatic N) is 4. The molecule has 0 saturated heterocycles. The molecule has 0 radical (unpaired) electrons. The topological polar surface area (TPSA) is 90.8 Å². The van der Waals surface area contributed by atoms with Crippen molar-refractivity contribution in [3.63, 3.8) is 0 Å². The molecule has 4 aliphatic carbocycles. The van der Waals surface area contributed by atoms with Crippen LogP contribution in [0.5, 0.6) is 5.75 Å². The van der Waals surface area contributed by atoms with E-state index in [0.717, 1.165) is 81.4 Å². The third-order valence-electron chi connectivity index (χ3n) is 14.8. The predicted octanol–water partition coefficient (Wildman–Crippen LogP) is 10.8. The molecule has 20 heteroatoms. The van der Waals surface area contributed by atoms with Crippen LogP contribution in [0.15, 0.2) is 18.2 Å². The van der Waals surface area contributed by atoms with E-state index < -0.39 is 58.3 Å². The molecule has 378 valence electrons. The van der Waals surface area contributed by atoms with Crippen molar-refractivity contribution in [3.8, 4) is 5.75 Å². The van der Waals surface area contributed by atoms with Crippen LogP contribution in [0.2, 0.25) is 0 Å². The van der Waals surface area contributed by atoms with Crippen LogP contribution >= 0.6 is 8.53 Å². The maximum atomic E-state index is 13.5. The Morgan fingerprint density at radius 1 is 0.879 bits per heavy atom. The number of fused-ring (bicyclic) bond motifs is 5. The van der Waals surface area contributed by atoms with Gasteiger partial charge < -0.3 is 33.7 Å². The Morgan fingerprint density at radius 2 is 1.55 bits per heavy atom. The lowest BCUT2D eigenvalue weighted by atomic mass is 9.55. The molecule has 4 aliphatic rings. The number of carbonyl (C=O) groups is 1. The molecule has 3 fully saturated rings. The van der Waals surface area contributed by atoms with Crippen molar-refractivity contribution in [2.24, 2.45) is 17.3 Å². The van der Waals surface area contributed by atoms with E-state index in [1.54, 1.807) is 11.9 Å². The van der Waals surface area contributed by atoms with Crippen molar-refractivity contribution < 1.29 is 62.8 Å². The summed E-state index contributed by atoms with van der Waals surface area (Å²) in [4.78, 5) is 18.5. The number of hydrogen-bond acceptors (Lipinski definition) is 9. The molecule has 0 aromatic heterocycles. The summed E-state index contributed by atoms with van der Waals surface area (Å²) < 4.78 is 145. The number of carbonyl (C=O) groups excluding carboxylic acids is 1. The van der Waals surface area contributed by atoms with E-state index in [1.165, 1.54) is 24.4 Å². The van der Waals surface area contributed by atoms with Gasteiger partial charge in [-0.1, -0.05) is 13.0 Å². The number of benzene rings is 1. The van der Waals surface area contributed by atoms with Crippen LogP contribution in [0, 0.1) is 22.7 Å². The number of rotatable bonds is 22. The number of halogens is 9. The summed E-state index contributed by atoms with van der Waals surface area (Å²) in [6.07, 6.45) is -9.21. The third kappa shape index (κ3) is 12.0. The zero-order chi connectivity index (χ0) is 49.0. The summed E-state index contributed by atoms with van der Waals surface area (Å²) in [5.41, 5.74) is -3.93. The molecule has 1 aromatic carbocycles. The molecule has 8 atom stereocenters. The number of likely N-dealkylation sites (N-methyl/N-ethyl adjacent to an activating group) is 2. The number of aryl methyl sites for hydroxylation is 1. The first-order valence-corrected chi connectivity index (χ1v) is 24.5. The van der Waals surface area contributed by atoms with Gasteiger partial charge in [0.2, 0.25) is 5.91 Å². The Kier molecular flexibility index (Phi) is 18.4. The van der Waals surface area contributed by atoms with Gasteiger partial charge in [-0.25, -0.2) is 4.67 Å². The molecule has 0 bridgehead atoms. The van der Waals surface area contributed by atoms with Gasteiger partial charge in [0, 0.05) is 50.7 Å². The quantitative estimate of drug-likeness (QED) is 0.0532. The number of amides is 1. The van der Waals surface area contributed by atoms with E-state index in [-0.39, 0.29) is 29.6 Å². The number of alkyl halides is 9. The summed E-state index contributed by atoms with van der Waals surface area (Å²) >= 11 is 0. The highest BCUT2D eigenvalue weighted by atomic mass is 31.2. The van der Waals surface area contributed by atoms with E-state index >= 15 is 0 Å². The van der Waals surface area contributed by atoms with Gasteiger partial charge in [0.15, 0.2) is 0 Å². The standard InChI is InChI=1S/C46H71F9N5O5P/c1-30(2)60(31(3)4)66(64-25-9-21-56)65-35-13-12-33(28-35)58(7)22-10-24-62-34-14-16-36-32(27-34)11-15-38-37(36)19-20-42(5)39(38)17-18-40(42)59(8)41(61)29-57(6)23-26-63-43(44(47,48)49,45(50,51)52)46(53,54)55/h14,16,21,27,30-31,33,35,37-40,56H,9-13,15,17-20,22-26,28-29H2,1-8H3/t33?,35-,37?,38?,39?,40+,42+,66?/m1/s1. The van der Waals surface area contributed by atoms with Crippen LogP contribution < -0.4 is 4.74 Å². The van der Waals surface area contributed by atoms with Gasteiger partial charge in [-0.15, -0.1) is 0 Å². The summed E-state index contributed by atoms with van der Waals surface area (Å²) in [6, 6.07) is 7.27. The summed E-state index contributed by atoms with van der Waals surface area (Å²) in [6.45, 7) is 10.0. The fraction of sp³-hybridized carbons (Fsp3) is 0.826. The predicted molar refractivity (Wildman–Crippen MR) is 236 cm³/mol. The molecule has 5 rings (SSSR count). The lowest BCUT2D eigenvalue weighted by molar-refractivity contribution is -0.457. The van der Waals surface area contributed by atoms with E-state index in [0.29, 0.717) is 43.4 Å². The number of nitrogens with one attached hydrogen (secondary N) is 1. The third-order valence-corrected chi connectivity index (χ3v) is 16.9. The molecular formula is C46H71F9N5O5P. The second-order valence-electron chi connectivity index (χ2n) is 19.7. The molecule has 1 amide bonds. The van der Waals surface area contributed by atoms with Gasteiger partial charge in [-0.05, 0) is 159 Å². The molecule has 0 spiro atoms. The van der Waals surface area contributed by atoms with Crippen molar-refractivity contribution in [1.29, 1.82) is 5.41 Å². The molecule has 0 heterocycles. The van der Waals surface area contributed by atoms with Crippen LogP contribution in [-0.4, -0.2) is 146 Å². The van der Waals surface area contributed by atoms with Crippen LogP contribution in [0.1, 0.15) is 116 Å². The van der Waals surface area contributed by atoms with Crippen molar-refractivity contribution in [2.75, 3.05) is 60.6 Å². The van der Waals surface area contributed by atoms with Gasteiger partial charge in [-0.2, -0.15) is 39.5 Å². The van der Waals surface area contributed by atoms with Crippen molar-refractivity contribution in [1.82, 2.24) is 19.4 Å². The van der Waals surface area contributed by atoms with E-state index in [4.69, 9.17) is 19.2 Å². The minimum Gasteiger partial charge on any atom is -0.494 e. The van der Waals surface area contributed by atoms with Gasteiger partial charge >= 0.3 is 24.1 Å². The average Bonchev–Trinajstić information content (AvgIpc) is 3.83. The first-order chi connectivity index (χ1) is 30.8. The molecule has 66 heavy (non-hydrogen) atoms. The monoisotopic (exact) mass is 976 g/mol. The van der Waals surface area contributed by atoms with Gasteiger partial charge in [0.25, 0.3) is 8.53 Å². The molecule has 3 saturated carbocycles. The van der Waals surface area contributed by atoms with Gasteiger partial charge in [0.1, 0.15) is 5.75 Å². The lowest BCUT2D eigenvalue weighted by Crippen LogP contribution is -2.68. The highest BCUT2D eigenvalue weighted by molar-refractivity contribution is 7.44. The normalized spacial score (nSPS) is 26.6. The van der Waals surface area contributed by atoms with Crippen molar-refractivity contribution in [2.45, 2.75) is 166 Å². The fourth-order valence-corrected chi connectivity index (χ4v) is 13.2. The first-order valence-electron chi connectivity index (χ1n) is 23.4. The van der Waals surface area contributed by atoms with E-state index in [9.17, 15) is 44.3 Å². The summed E-state index contributed by atoms with van der Waals surface area (Å²) in [5.74, 6) is 1.52. The first kappa shape index (κ1) is 54.7. The zero-order valence-corrected chi connectivity index (χ0v) is 40.5. The number of ether oxygens (including phenoxy) is 2. The molecular weight excluding hydrogens is 904 g/mol. The molecule has 5 unspecified atom stereocenters. The fourth-order valence-electron chi connectivity index (χ4n) is 11.5. The maximum Gasteiger partial charge on any atom is 0.435 e. The zero-order valence-electron chi connectivity index (χ0n) is 39.6. The second kappa shape index (κ2) is 22.2. The van der Waals surface area contributed by atoms with Crippen LogP contribution in [-0.2, 0) is 25.0 Å². The van der Waals surface area contributed by atoms with Gasteiger partial charge in [-0.3, -0.25) is 9.69 Å². The Balaban J connectivity index is 1.08. The lowest BCUT2D eigenvalue weighted by Gasteiger charge is -2.52. The highest BCUT2D eigenvalue weighted by Crippen LogP contribution is 2.62. The maximum absolute atomic E-state index is 13.5. The van der Waals surface area contributed by atoms with Crippen molar-refractivity contribution in [3.05, 3.63) is 29.3 Å². The Morgan fingerprint density at radius 3 is 2.17 bits per heavy atom. The Bertz CT molecular complexity index is 1710. The Labute approximate surface area is 386 Å². The molecule has 10 nitrogen and oxygen atoms in total. The molecule has 1 aromatic rings. The van der Waals surface area contributed by atoms with Crippen LogP contribution in [0.4, 0.5) is 39.5 Å². The average molecular weight is 976 g/mol. The van der Waals surface area contributed by atoms with Crippen LogP contribution in [0.3, 0.4) is 0 Å². The van der Waals surface area contributed by atoms with Crippen LogP contribution in [0.25, 0.3) is 0 Å². The minimum atomic E-state index is -6.81. The summed E-state index contributed by atoms with van der Waals surface area (Å²) in [5, 5.41) is 7.39. The minimum absolute atomic E-state index is 0.125. The van der Waals surface area contributed by atoms with Gasteiger partial charge in [0.05, 0.1) is 32.5 Å². The number of hydrogen-bond donors (Lipinski definition) is 1. The largest absolute Gasteiger partial charge is 0.494 e. The van der Waals surface area contributed by atoms with E-state index in [1.807, 2.05) is 0 Å². The Hall–Kier alpha value is -2.28. The highest BCUT2D eigenvalue weighted by Gasteiger charge is 2.85. The smallest absolute Gasteiger partial charge is 0.435 e. The molecule has 1 N–H and O–H groups in total. The van der Waals surface area contributed by atoms with Crippen molar-refractivity contribution >= 4 is 20.6 Å². The van der Waals surface area contributed by atoms with E-state index in [2.05, 4.69) is 74.2 Å². The molecule has 0 aliphatic heterocycles. The SMILES string of the molecule is CC(C)N(C(C)C)P(OCCC=N)O[C@@H]1CCC(N(C)CCCOc2ccc3c(c2)CCC2C3CC[C@@]3(C)C2CC[C@@H]3N(C)C(=O)CN(C)CCOC(C(F)(F)F)(C(F)(F)F)C(F)(F)F)C1. The second-order valence-corrected chi connectivity index (χ2v) is 21.1. The summed E-state index contributed by atoms with van der Waals surface area (Å²) in [7, 11) is 3.82.